The van der Waals surface area contributed by atoms with Gasteiger partial charge in [-0.2, -0.15) is 0 Å². The van der Waals surface area contributed by atoms with Gasteiger partial charge in [-0.05, 0) is 24.4 Å². The van der Waals surface area contributed by atoms with Gasteiger partial charge in [0.2, 0.25) is 5.05 Å². The van der Waals surface area contributed by atoms with E-state index in [0.29, 0.717) is 13.2 Å². The number of thiocarbonyl (C=S) groups is 1. The van der Waals surface area contributed by atoms with Gasteiger partial charge in [-0.15, -0.1) is 0 Å². The molecule has 0 atom stereocenters. The predicted molar refractivity (Wildman–Crippen MR) is 85.6 cm³/mol. The second kappa shape index (κ2) is 6.50. The molecule has 0 unspecified atom stereocenters. The second-order valence-electron chi connectivity index (χ2n) is 5.22. The fraction of sp³-hybridized carbons (Fsp3) is 0.462. The maximum atomic E-state index is 5.54. The molecule has 1 saturated heterocycles. The molecule has 0 bridgehead atoms. The van der Waals surface area contributed by atoms with Crippen LogP contribution in [0.2, 0.25) is 0 Å². The van der Waals surface area contributed by atoms with E-state index in [1.807, 2.05) is 44.2 Å². The molecule has 0 N–H and O–H groups in total. The van der Waals surface area contributed by atoms with Gasteiger partial charge in [0, 0.05) is 17.2 Å². The molecule has 4 nitrogen and oxygen atoms in total. The summed E-state index contributed by atoms with van der Waals surface area (Å²) in [5, 5.41) is 0.247. The highest BCUT2D eigenvalue weighted by Crippen LogP contribution is 2.55. The van der Waals surface area contributed by atoms with Crippen LogP contribution in [0.5, 0.6) is 5.75 Å². The third kappa shape index (κ3) is 4.79. The number of hydrogen-bond donors (Lipinski definition) is 0. The summed E-state index contributed by atoms with van der Waals surface area (Å²) < 4.78 is 22.1. The number of hydrogen-bond acceptors (Lipinski definition) is 6. The Morgan fingerprint density at radius 2 is 1.85 bits per heavy atom. The van der Waals surface area contributed by atoms with Crippen LogP contribution in [0, 0.1) is 5.41 Å². The minimum Gasteiger partial charge on any atom is -0.485 e. The van der Waals surface area contributed by atoms with Crippen LogP contribution in [0.1, 0.15) is 13.8 Å². The lowest BCUT2D eigenvalue weighted by molar-refractivity contribution is 0.0391. The molecule has 1 aromatic carbocycles. The van der Waals surface area contributed by atoms with Crippen LogP contribution in [0.15, 0.2) is 30.3 Å². The van der Waals surface area contributed by atoms with Crippen molar-refractivity contribution in [3.8, 4) is 5.75 Å². The first kappa shape index (κ1) is 15.9. The fourth-order valence-corrected chi connectivity index (χ4v) is 4.03. The van der Waals surface area contributed by atoms with Crippen molar-refractivity contribution in [1.29, 1.82) is 0 Å². The minimum absolute atomic E-state index is 0.0478. The van der Waals surface area contributed by atoms with E-state index in [9.17, 15) is 0 Å². The van der Waals surface area contributed by atoms with E-state index in [2.05, 4.69) is 0 Å². The van der Waals surface area contributed by atoms with Crippen LogP contribution in [-0.4, -0.2) is 24.9 Å². The molecule has 0 radical (unpaired) electrons. The number of benzene rings is 1. The van der Waals surface area contributed by atoms with Crippen LogP contribution >= 0.6 is 18.9 Å². The van der Waals surface area contributed by atoms with Crippen LogP contribution < -0.4 is 4.74 Å². The molecule has 20 heavy (non-hydrogen) atoms. The van der Waals surface area contributed by atoms with Gasteiger partial charge in [0.1, 0.15) is 5.75 Å². The molecule has 7 heteroatoms. The molecule has 0 amide bonds. The average molecular weight is 332 g/mol. The van der Waals surface area contributed by atoms with Crippen molar-refractivity contribution in [2.45, 2.75) is 13.8 Å². The van der Waals surface area contributed by atoms with Crippen molar-refractivity contribution in [2.24, 2.45) is 5.41 Å². The summed E-state index contributed by atoms with van der Waals surface area (Å²) in [4.78, 5) is 0. The maximum Gasteiger partial charge on any atom is 0.381 e. The van der Waals surface area contributed by atoms with Gasteiger partial charge in [0.05, 0.1) is 13.2 Å². The molecular formula is C13H17O4PS2. The molecule has 110 valence electrons. The number of rotatable bonds is 4. The van der Waals surface area contributed by atoms with Gasteiger partial charge in [0.15, 0.2) is 6.61 Å². The number of ether oxygens (including phenoxy) is 1. The van der Waals surface area contributed by atoms with Gasteiger partial charge in [0.25, 0.3) is 0 Å². The Kier molecular flexibility index (Phi) is 5.15. The van der Waals surface area contributed by atoms with Crippen LogP contribution in [0.4, 0.5) is 0 Å². The lowest BCUT2D eigenvalue weighted by Gasteiger charge is -2.35. The molecule has 0 aromatic heterocycles. The Labute approximate surface area is 129 Å². The largest absolute Gasteiger partial charge is 0.485 e. The summed E-state index contributed by atoms with van der Waals surface area (Å²) >= 11 is 10.4. The van der Waals surface area contributed by atoms with Crippen LogP contribution in [0.25, 0.3) is 0 Å². The van der Waals surface area contributed by atoms with Crippen molar-refractivity contribution in [3.63, 3.8) is 0 Å². The second-order valence-corrected chi connectivity index (χ2v) is 8.61. The molecule has 2 rings (SSSR count). The minimum atomic E-state index is -2.76. The first-order valence-corrected chi connectivity index (χ1v) is 9.14. The lowest BCUT2D eigenvalue weighted by atomic mass is 9.97. The SMILES string of the molecule is CC1(C)COP(=S)(OC(=S)COc2ccccc2)OC1. The van der Waals surface area contributed by atoms with E-state index in [-0.39, 0.29) is 17.1 Å². The van der Waals surface area contributed by atoms with Crippen LogP contribution in [-0.2, 0) is 25.4 Å². The van der Waals surface area contributed by atoms with Crippen molar-refractivity contribution in [2.75, 3.05) is 19.8 Å². The smallest absolute Gasteiger partial charge is 0.381 e. The zero-order chi connectivity index (χ0) is 14.6. The first-order chi connectivity index (χ1) is 9.39. The Balaban J connectivity index is 1.81. The van der Waals surface area contributed by atoms with Crippen molar-refractivity contribution >= 4 is 35.8 Å². The molecule has 1 aliphatic heterocycles. The molecule has 1 aliphatic rings. The highest BCUT2D eigenvalue weighted by molar-refractivity contribution is 8.08. The fourth-order valence-electron chi connectivity index (χ4n) is 1.45. The third-order valence-corrected chi connectivity index (χ3v) is 5.06. The van der Waals surface area contributed by atoms with E-state index < -0.39 is 6.72 Å². The zero-order valence-corrected chi connectivity index (χ0v) is 13.9. The van der Waals surface area contributed by atoms with Gasteiger partial charge in [-0.1, -0.05) is 32.0 Å². The Bertz CT molecular complexity index is 504. The zero-order valence-electron chi connectivity index (χ0n) is 11.4. The van der Waals surface area contributed by atoms with Gasteiger partial charge >= 0.3 is 6.72 Å². The highest BCUT2D eigenvalue weighted by atomic mass is 32.5. The molecule has 0 spiro atoms. The van der Waals surface area contributed by atoms with E-state index in [1.54, 1.807) is 0 Å². The molecular weight excluding hydrogens is 315 g/mol. The van der Waals surface area contributed by atoms with E-state index >= 15 is 0 Å². The summed E-state index contributed by atoms with van der Waals surface area (Å²) in [6.07, 6.45) is 0. The Hall–Kier alpha value is -0.520. The lowest BCUT2D eigenvalue weighted by Crippen LogP contribution is -2.30. The van der Waals surface area contributed by atoms with E-state index in [1.165, 1.54) is 0 Å². The predicted octanol–water partition coefficient (Wildman–Crippen LogP) is 3.71. The van der Waals surface area contributed by atoms with E-state index in [0.717, 1.165) is 5.75 Å². The monoisotopic (exact) mass is 332 g/mol. The van der Waals surface area contributed by atoms with Crippen LogP contribution in [0.3, 0.4) is 0 Å². The van der Waals surface area contributed by atoms with Crippen molar-refractivity contribution in [3.05, 3.63) is 30.3 Å². The first-order valence-electron chi connectivity index (χ1n) is 6.18. The molecule has 1 aromatic rings. The summed E-state index contributed by atoms with van der Waals surface area (Å²) in [5.41, 5.74) is -0.0478. The van der Waals surface area contributed by atoms with Gasteiger partial charge in [-0.3, -0.25) is 9.05 Å². The normalized spacial score (nSPS) is 20.1. The molecule has 0 aliphatic carbocycles. The summed E-state index contributed by atoms with van der Waals surface area (Å²) in [6.45, 7) is 2.49. The molecule has 1 heterocycles. The van der Waals surface area contributed by atoms with Crippen molar-refractivity contribution < 1.29 is 18.3 Å². The summed E-state index contributed by atoms with van der Waals surface area (Å²) in [5.74, 6) is 0.724. The highest BCUT2D eigenvalue weighted by Gasteiger charge is 2.35. The Morgan fingerprint density at radius 1 is 1.25 bits per heavy atom. The van der Waals surface area contributed by atoms with Gasteiger partial charge in [-0.25, -0.2) is 0 Å². The maximum absolute atomic E-state index is 5.54. The molecule has 0 saturated carbocycles. The van der Waals surface area contributed by atoms with Gasteiger partial charge < -0.3 is 9.26 Å². The van der Waals surface area contributed by atoms with Crippen molar-refractivity contribution in [1.82, 2.24) is 0 Å². The summed E-state index contributed by atoms with van der Waals surface area (Å²) in [6, 6.07) is 9.37. The average Bonchev–Trinajstić information content (AvgIpc) is 2.42. The standard InChI is InChI=1S/C13H17O4PS2/c1-13(2)9-15-18(20,16-10-13)17-12(19)8-14-11-6-4-3-5-7-11/h3-7H,8-10H2,1-2H3. The third-order valence-electron chi connectivity index (χ3n) is 2.54. The Morgan fingerprint density at radius 3 is 2.45 bits per heavy atom. The summed E-state index contributed by atoms with van der Waals surface area (Å²) in [7, 11) is 0. The van der Waals surface area contributed by atoms with E-state index in [4.69, 9.17) is 42.3 Å². The topological polar surface area (TPSA) is 36.9 Å². The quantitative estimate of drug-likeness (QED) is 0.618. The molecule has 1 fully saturated rings. The number of para-hydroxylation sites is 1.